The van der Waals surface area contributed by atoms with Crippen LogP contribution in [0, 0.1) is 5.82 Å². The molecular formula is C20H17ClFN3. The number of hydrogen-bond donors (Lipinski definition) is 1. The number of fused-ring (bicyclic) bond motifs is 1. The molecule has 1 N–H and O–H groups in total. The highest BCUT2D eigenvalue weighted by molar-refractivity contribution is 6.30. The van der Waals surface area contributed by atoms with E-state index in [9.17, 15) is 0 Å². The summed E-state index contributed by atoms with van der Waals surface area (Å²) in [5, 5.41) is 11.9. The fourth-order valence-electron chi connectivity index (χ4n) is 3.44. The zero-order valence-electron chi connectivity index (χ0n) is 13.5. The van der Waals surface area contributed by atoms with Gasteiger partial charge in [-0.2, -0.15) is 10.2 Å². The average molecular weight is 354 g/mol. The van der Waals surface area contributed by atoms with Gasteiger partial charge in [-0.25, -0.2) is 4.39 Å². The zero-order chi connectivity index (χ0) is 17.2. The van der Waals surface area contributed by atoms with Gasteiger partial charge in [-0.15, -0.1) is 0 Å². The molecule has 0 amide bonds. The number of rotatable bonds is 2. The van der Waals surface area contributed by atoms with E-state index < -0.39 is 0 Å². The quantitative estimate of drug-likeness (QED) is 0.733. The maximum absolute atomic E-state index is 15.2. The fraction of sp³-hybridized carbons (Fsp3) is 0.200. The number of nitrogens with one attached hydrogen (secondary N) is 1. The fourth-order valence-corrected chi connectivity index (χ4v) is 3.57. The Morgan fingerprint density at radius 3 is 2.68 bits per heavy atom. The van der Waals surface area contributed by atoms with Crippen LogP contribution in [0.1, 0.15) is 29.0 Å². The summed E-state index contributed by atoms with van der Waals surface area (Å²) < 4.78 is 15.2. The molecule has 0 fully saturated rings. The summed E-state index contributed by atoms with van der Waals surface area (Å²) in [4.78, 5) is 0. The van der Waals surface area contributed by atoms with Gasteiger partial charge in [0, 0.05) is 34.8 Å². The van der Waals surface area contributed by atoms with Crippen molar-refractivity contribution >= 4 is 11.6 Å². The minimum Gasteiger partial charge on any atom is -0.313 e. The standard InChI is InChI=1S/C20H17ClFN3/c21-14-5-3-13(4-6-14)15-9-11-23-12-18-16(15)7-8-17(20(18)22)19-2-1-10-24-25-19/h1-8,10,15,23H,9,11-12H2. The maximum Gasteiger partial charge on any atom is 0.137 e. The van der Waals surface area contributed by atoms with E-state index in [1.807, 2.05) is 36.4 Å². The molecule has 0 saturated carbocycles. The van der Waals surface area contributed by atoms with Crippen LogP contribution in [0.4, 0.5) is 4.39 Å². The molecule has 5 heteroatoms. The van der Waals surface area contributed by atoms with E-state index in [2.05, 4.69) is 15.5 Å². The van der Waals surface area contributed by atoms with E-state index in [1.165, 1.54) is 0 Å². The van der Waals surface area contributed by atoms with Crippen LogP contribution in [0.25, 0.3) is 11.3 Å². The van der Waals surface area contributed by atoms with Crippen molar-refractivity contribution < 1.29 is 4.39 Å². The molecule has 1 aliphatic rings. The van der Waals surface area contributed by atoms with E-state index in [0.717, 1.165) is 24.1 Å². The molecule has 2 aromatic carbocycles. The van der Waals surface area contributed by atoms with Crippen molar-refractivity contribution in [1.82, 2.24) is 15.5 Å². The first-order chi connectivity index (χ1) is 12.2. The van der Waals surface area contributed by atoms with Gasteiger partial charge in [0.2, 0.25) is 0 Å². The average Bonchev–Trinajstić information content (AvgIpc) is 2.87. The molecule has 0 spiro atoms. The number of halogens is 2. The minimum atomic E-state index is -0.216. The molecule has 0 saturated heterocycles. The molecule has 1 unspecified atom stereocenters. The number of hydrogen-bond acceptors (Lipinski definition) is 3. The Kier molecular flexibility index (Phi) is 4.47. The summed E-state index contributed by atoms with van der Waals surface area (Å²) >= 11 is 6.01. The van der Waals surface area contributed by atoms with E-state index in [-0.39, 0.29) is 11.7 Å². The topological polar surface area (TPSA) is 37.8 Å². The van der Waals surface area contributed by atoms with Gasteiger partial charge >= 0.3 is 0 Å². The van der Waals surface area contributed by atoms with Crippen molar-refractivity contribution in [3.05, 3.63) is 82.3 Å². The van der Waals surface area contributed by atoms with Gasteiger partial charge in [-0.1, -0.05) is 29.8 Å². The molecule has 0 radical (unpaired) electrons. The lowest BCUT2D eigenvalue weighted by Gasteiger charge is -2.19. The van der Waals surface area contributed by atoms with Crippen LogP contribution in [0.5, 0.6) is 0 Å². The lowest BCUT2D eigenvalue weighted by Crippen LogP contribution is -2.13. The van der Waals surface area contributed by atoms with E-state index in [1.54, 1.807) is 18.3 Å². The Morgan fingerprint density at radius 1 is 1.08 bits per heavy atom. The van der Waals surface area contributed by atoms with Gasteiger partial charge in [0.25, 0.3) is 0 Å². The van der Waals surface area contributed by atoms with Crippen molar-refractivity contribution in [3.63, 3.8) is 0 Å². The van der Waals surface area contributed by atoms with Crippen LogP contribution in [0.2, 0.25) is 5.02 Å². The van der Waals surface area contributed by atoms with E-state index in [4.69, 9.17) is 11.6 Å². The van der Waals surface area contributed by atoms with Crippen LogP contribution in [-0.2, 0) is 6.54 Å². The molecule has 0 aliphatic carbocycles. The van der Waals surface area contributed by atoms with Gasteiger partial charge in [-0.3, -0.25) is 0 Å². The molecular weight excluding hydrogens is 337 g/mol. The van der Waals surface area contributed by atoms with Crippen LogP contribution >= 0.6 is 11.6 Å². The zero-order valence-corrected chi connectivity index (χ0v) is 14.3. The summed E-state index contributed by atoms with van der Waals surface area (Å²) in [5.74, 6) is -0.0703. The van der Waals surface area contributed by atoms with E-state index in [0.29, 0.717) is 28.4 Å². The molecule has 25 heavy (non-hydrogen) atoms. The first kappa shape index (κ1) is 16.2. The molecule has 0 bridgehead atoms. The summed E-state index contributed by atoms with van der Waals surface area (Å²) in [7, 11) is 0. The smallest absolute Gasteiger partial charge is 0.137 e. The predicted octanol–water partition coefficient (Wildman–Crippen LogP) is 4.56. The SMILES string of the molecule is Fc1c(-c2cccnn2)ccc2c1CNCCC2c1ccc(Cl)cc1. The minimum absolute atomic E-state index is 0.146. The van der Waals surface area contributed by atoms with Crippen molar-refractivity contribution in [2.24, 2.45) is 0 Å². The summed E-state index contributed by atoms with van der Waals surface area (Å²) in [5.41, 5.74) is 3.93. The number of nitrogens with zero attached hydrogens (tertiary/aromatic N) is 2. The molecule has 2 heterocycles. The molecule has 3 nitrogen and oxygen atoms in total. The van der Waals surface area contributed by atoms with Crippen LogP contribution < -0.4 is 5.32 Å². The molecule has 3 aromatic rings. The Bertz CT molecular complexity index is 881. The van der Waals surface area contributed by atoms with Crippen LogP contribution in [0.15, 0.2) is 54.7 Å². The normalized spacial score (nSPS) is 17.0. The Hall–Kier alpha value is -2.30. The highest BCUT2D eigenvalue weighted by Crippen LogP contribution is 2.36. The van der Waals surface area contributed by atoms with Gasteiger partial charge in [-0.05, 0) is 54.4 Å². The predicted molar refractivity (Wildman–Crippen MR) is 97.0 cm³/mol. The van der Waals surface area contributed by atoms with E-state index >= 15 is 4.39 Å². The summed E-state index contributed by atoms with van der Waals surface area (Å²) in [6.45, 7) is 1.35. The monoisotopic (exact) mass is 353 g/mol. The van der Waals surface area contributed by atoms with Gasteiger partial charge in [0.05, 0.1) is 5.69 Å². The summed E-state index contributed by atoms with van der Waals surface area (Å²) in [6, 6.07) is 15.2. The van der Waals surface area contributed by atoms with Gasteiger partial charge in [0.15, 0.2) is 0 Å². The molecule has 4 rings (SSSR count). The summed E-state index contributed by atoms with van der Waals surface area (Å²) in [6.07, 6.45) is 2.50. The van der Waals surface area contributed by atoms with Crippen molar-refractivity contribution in [2.75, 3.05) is 6.54 Å². The van der Waals surface area contributed by atoms with Gasteiger partial charge < -0.3 is 5.32 Å². The lowest BCUT2D eigenvalue weighted by atomic mass is 9.85. The largest absolute Gasteiger partial charge is 0.313 e. The second-order valence-corrected chi connectivity index (χ2v) is 6.61. The Morgan fingerprint density at radius 2 is 1.92 bits per heavy atom. The van der Waals surface area contributed by atoms with Crippen LogP contribution in [-0.4, -0.2) is 16.7 Å². The lowest BCUT2D eigenvalue weighted by molar-refractivity contribution is 0.596. The molecule has 126 valence electrons. The Labute approximate surface area is 150 Å². The highest BCUT2D eigenvalue weighted by atomic mass is 35.5. The van der Waals surface area contributed by atoms with Crippen molar-refractivity contribution in [3.8, 4) is 11.3 Å². The number of benzene rings is 2. The van der Waals surface area contributed by atoms with Crippen molar-refractivity contribution in [1.29, 1.82) is 0 Å². The van der Waals surface area contributed by atoms with Crippen LogP contribution in [0.3, 0.4) is 0 Å². The van der Waals surface area contributed by atoms with Crippen molar-refractivity contribution in [2.45, 2.75) is 18.9 Å². The Balaban J connectivity index is 1.82. The maximum atomic E-state index is 15.2. The van der Waals surface area contributed by atoms with Gasteiger partial charge in [0.1, 0.15) is 5.82 Å². The molecule has 1 aromatic heterocycles. The second kappa shape index (κ2) is 6.90. The third-order valence-electron chi connectivity index (χ3n) is 4.69. The molecule has 1 atom stereocenters. The third kappa shape index (κ3) is 3.15. The first-order valence-electron chi connectivity index (χ1n) is 8.29. The number of aromatic nitrogens is 2. The third-order valence-corrected chi connectivity index (χ3v) is 4.94. The second-order valence-electron chi connectivity index (χ2n) is 6.17. The molecule has 1 aliphatic heterocycles. The highest BCUT2D eigenvalue weighted by Gasteiger charge is 2.24. The first-order valence-corrected chi connectivity index (χ1v) is 8.67.